The molecule has 0 amide bonds. The van der Waals surface area contributed by atoms with Crippen LogP contribution in [0.5, 0.6) is 0 Å². The minimum Gasteiger partial charge on any atom is -0.323 e. The van der Waals surface area contributed by atoms with Crippen LogP contribution in [-0.2, 0) is 0 Å². The predicted molar refractivity (Wildman–Crippen MR) is 83.7 cm³/mol. The molecule has 0 saturated carbocycles. The van der Waals surface area contributed by atoms with E-state index in [0.717, 1.165) is 10.0 Å². The Morgan fingerprint density at radius 2 is 1.63 bits per heavy atom. The first kappa shape index (κ1) is 13.9. The van der Waals surface area contributed by atoms with Crippen molar-refractivity contribution in [3.63, 3.8) is 0 Å². The van der Waals surface area contributed by atoms with Gasteiger partial charge in [0, 0.05) is 22.9 Å². The molecule has 0 aliphatic rings. The lowest BCUT2D eigenvalue weighted by atomic mass is 9.85. The summed E-state index contributed by atoms with van der Waals surface area (Å²) in [7, 11) is 0. The fourth-order valence-corrected chi connectivity index (χ4v) is 2.46. The minimum atomic E-state index is -0.0912. The fraction of sp³-hybridized carbons (Fsp3) is 0.176. The van der Waals surface area contributed by atoms with E-state index >= 15 is 0 Å². The van der Waals surface area contributed by atoms with E-state index in [4.69, 9.17) is 12.2 Å². The molecule has 2 rings (SSSR count). The van der Waals surface area contributed by atoms with Crippen LogP contribution in [0.1, 0.15) is 29.5 Å². The van der Waals surface area contributed by atoms with Gasteiger partial charge in [-0.3, -0.25) is 0 Å². The van der Waals surface area contributed by atoms with Crippen LogP contribution in [-0.4, -0.2) is 0 Å². The van der Waals surface area contributed by atoms with Crippen LogP contribution in [0.25, 0.3) is 0 Å². The Morgan fingerprint density at radius 1 is 1.00 bits per heavy atom. The average molecular weight is 314 g/mol. The fourth-order valence-electron chi connectivity index (χ4n) is 2.20. The van der Waals surface area contributed by atoms with Crippen LogP contribution in [0.2, 0.25) is 0 Å². The number of terminal acetylenes is 1. The maximum atomic E-state index is 6.40. The monoisotopic (exact) mass is 313 g/mol. The molecule has 2 aromatic carbocycles. The summed E-state index contributed by atoms with van der Waals surface area (Å²) < 4.78 is 1.05. The van der Waals surface area contributed by atoms with E-state index < -0.39 is 0 Å². The van der Waals surface area contributed by atoms with E-state index in [9.17, 15) is 0 Å². The highest BCUT2D eigenvalue weighted by molar-refractivity contribution is 9.10. The Bertz CT molecular complexity index is 554. The van der Waals surface area contributed by atoms with Crippen molar-refractivity contribution >= 4 is 15.9 Å². The second-order valence-corrected chi connectivity index (χ2v) is 5.42. The van der Waals surface area contributed by atoms with Gasteiger partial charge in [0.25, 0.3) is 0 Å². The zero-order valence-electron chi connectivity index (χ0n) is 10.6. The molecule has 1 nitrogen and oxygen atoms in total. The summed E-state index contributed by atoms with van der Waals surface area (Å²) in [5.74, 6) is 2.88. The molecule has 2 atom stereocenters. The van der Waals surface area contributed by atoms with Gasteiger partial charge in [0.15, 0.2) is 0 Å². The smallest absolute Gasteiger partial charge is 0.0373 e. The summed E-state index contributed by atoms with van der Waals surface area (Å²) in [6, 6.07) is 18.2. The normalized spacial score (nSPS) is 13.5. The van der Waals surface area contributed by atoms with Crippen LogP contribution in [0.4, 0.5) is 0 Å². The number of benzene rings is 2. The standard InChI is InChI=1S/C17H16BrN/c1-2-6-16(13-7-4-3-5-8-13)17(19)14-9-11-15(18)12-10-14/h1,3-5,7-12,16-17H,6,19H2. The molecule has 0 fully saturated rings. The summed E-state index contributed by atoms with van der Waals surface area (Å²) in [6.07, 6.45) is 6.13. The number of halogens is 1. The van der Waals surface area contributed by atoms with Gasteiger partial charge in [-0.15, -0.1) is 12.3 Å². The summed E-state index contributed by atoms with van der Waals surface area (Å²) in [4.78, 5) is 0. The molecule has 0 aliphatic heterocycles. The van der Waals surface area contributed by atoms with Gasteiger partial charge in [-0.2, -0.15) is 0 Å². The summed E-state index contributed by atoms with van der Waals surface area (Å²) >= 11 is 3.43. The van der Waals surface area contributed by atoms with Gasteiger partial charge in [0.2, 0.25) is 0 Å². The molecule has 0 saturated heterocycles. The molecule has 2 unspecified atom stereocenters. The number of hydrogen-bond acceptors (Lipinski definition) is 1. The van der Waals surface area contributed by atoms with Gasteiger partial charge in [-0.25, -0.2) is 0 Å². The molecule has 0 aliphatic carbocycles. The van der Waals surface area contributed by atoms with E-state index in [1.165, 1.54) is 5.56 Å². The Hall–Kier alpha value is -1.56. The first-order chi connectivity index (χ1) is 9.22. The number of nitrogens with two attached hydrogens (primary N) is 1. The van der Waals surface area contributed by atoms with E-state index in [-0.39, 0.29) is 12.0 Å². The van der Waals surface area contributed by atoms with Crippen LogP contribution in [0.3, 0.4) is 0 Å². The van der Waals surface area contributed by atoms with Crippen molar-refractivity contribution in [3.8, 4) is 12.3 Å². The first-order valence-electron chi connectivity index (χ1n) is 6.22. The van der Waals surface area contributed by atoms with Gasteiger partial charge < -0.3 is 5.73 Å². The Kier molecular flexibility index (Phi) is 4.79. The van der Waals surface area contributed by atoms with Crippen molar-refractivity contribution in [1.29, 1.82) is 0 Å². The summed E-state index contributed by atoms with van der Waals surface area (Å²) in [5.41, 5.74) is 8.69. The van der Waals surface area contributed by atoms with Crippen molar-refractivity contribution in [1.82, 2.24) is 0 Å². The van der Waals surface area contributed by atoms with E-state index in [0.29, 0.717) is 6.42 Å². The van der Waals surface area contributed by atoms with Gasteiger partial charge in [-0.1, -0.05) is 58.4 Å². The van der Waals surface area contributed by atoms with Crippen LogP contribution in [0, 0.1) is 12.3 Å². The lowest BCUT2D eigenvalue weighted by Gasteiger charge is -2.23. The maximum absolute atomic E-state index is 6.40. The Balaban J connectivity index is 2.29. The molecule has 2 N–H and O–H groups in total. The number of rotatable bonds is 4. The Labute approximate surface area is 123 Å². The molecule has 0 spiro atoms. The second-order valence-electron chi connectivity index (χ2n) is 4.50. The highest BCUT2D eigenvalue weighted by Crippen LogP contribution is 2.32. The van der Waals surface area contributed by atoms with Gasteiger partial charge in [0.05, 0.1) is 0 Å². The molecule has 19 heavy (non-hydrogen) atoms. The lowest BCUT2D eigenvalue weighted by molar-refractivity contribution is 0.566. The molecule has 0 heterocycles. The highest BCUT2D eigenvalue weighted by atomic mass is 79.9. The second kappa shape index (κ2) is 6.56. The van der Waals surface area contributed by atoms with E-state index in [2.05, 4.69) is 34.0 Å². The predicted octanol–water partition coefficient (Wildman–Crippen LogP) is 4.26. The molecular weight excluding hydrogens is 298 g/mol. The zero-order chi connectivity index (χ0) is 13.7. The van der Waals surface area contributed by atoms with Crippen molar-refractivity contribution < 1.29 is 0 Å². The van der Waals surface area contributed by atoms with Crippen LogP contribution < -0.4 is 5.73 Å². The van der Waals surface area contributed by atoms with Crippen molar-refractivity contribution in [2.75, 3.05) is 0 Å². The summed E-state index contributed by atoms with van der Waals surface area (Å²) in [6.45, 7) is 0. The maximum Gasteiger partial charge on any atom is 0.0373 e. The molecule has 0 bridgehead atoms. The average Bonchev–Trinajstić information content (AvgIpc) is 2.46. The lowest BCUT2D eigenvalue weighted by Crippen LogP contribution is -2.19. The zero-order valence-corrected chi connectivity index (χ0v) is 12.2. The van der Waals surface area contributed by atoms with Gasteiger partial charge >= 0.3 is 0 Å². The Morgan fingerprint density at radius 3 is 2.21 bits per heavy atom. The van der Waals surface area contributed by atoms with Crippen molar-refractivity contribution in [2.45, 2.75) is 18.4 Å². The third kappa shape index (κ3) is 3.47. The molecule has 96 valence electrons. The first-order valence-corrected chi connectivity index (χ1v) is 7.01. The molecular formula is C17H16BrN. The van der Waals surface area contributed by atoms with Crippen molar-refractivity contribution in [2.24, 2.45) is 5.73 Å². The van der Waals surface area contributed by atoms with Gasteiger partial charge in [0.1, 0.15) is 0 Å². The SMILES string of the molecule is C#CCC(c1ccccc1)C(N)c1ccc(Br)cc1. The molecule has 2 aromatic rings. The van der Waals surface area contributed by atoms with E-state index in [1.54, 1.807) is 0 Å². The molecule has 0 radical (unpaired) electrons. The van der Waals surface area contributed by atoms with E-state index in [1.807, 2.05) is 42.5 Å². The van der Waals surface area contributed by atoms with Crippen LogP contribution in [0.15, 0.2) is 59.1 Å². The topological polar surface area (TPSA) is 26.0 Å². The highest BCUT2D eigenvalue weighted by Gasteiger charge is 2.20. The summed E-state index contributed by atoms with van der Waals surface area (Å²) in [5, 5.41) is 0. The number of hydrogen-bond donors (Lipinski definition) is 1. The van der Waals surface area contributed by atoms with Crippen LogP contribution >= 0.6 is 15.9 Å². The largest absolute Gasteiger partial charge is 0.323 e. The molecule has 0 aromatic heterocycles. The van der Waals surface area contributed by atoms with Gasteiger partial charge in [-0.05, 0) is 23.3 Å². The third-order valence-corrected chi connectivity index (χ3v) is 3.78. The quantitative estimate of drug-likeness (QED) is 0.839. The minimum absolute atomic E-state index is 0.0912. The van der Waals surface area contributed by atoms with Crippen molar-refractivity contribution in [3.05, 3.63) is 70.2 Å². The third-order valence-electron chi connectivity index (χ3n) is 3.25. The molecule has 2 heteroatoms.